The van der Waals surface area contributed by atoms with Crippen LogP contribution in [0.1, 0.15) is 34.3 Å². The van der Waals surface area contributed by atoms with Crippen molar-refractivity contribution in [1.29, 1.82) is 0 Å². The van der Waals surface area contributed by atoms with Gasteiger partial charge in [0.25, 0.3) is 0 Å². The van der Waals surface area contributed by atoms with Crippen LogP contribution in [0, 0.1) is 18.8 Å². The highest BCUT2D eigenvalue weighted by molar-refractivity contribution is 8.76. The number of carbonyl (C=O) groups is 2. The van der Waals surface area contributed by atoms with E-state index in [4.69, 9.17) is 19.9 Å². The van der Waals surface area contributed by atoms with E-state index in [1.807, 2.05) is 0 Å². The number of aliphatic hydroxyl groups excluding tert-OH is 4. The van der Waals surface area contributed by atoms with Crippen molar-refractivity contribution in [2.45, 2.75) is 68.7 Å². The molecule has 3 aliphatic rings. The predicted octanol–water partition coefficient (Wildman–Crippen LogP) is 0.959. The lowest BCUT2D eigenvalue weighted by Crippen LogP contribution is -2.69. The van der Waals surface area contributed by atoms with Gasteiger partial charge in [-0.3, -0.25) is 4.79 Å². The van der Waals surface area contributed by atoms with E-state index in [1.54, 1.807) is 13.0 Å². The lowest BCUT2D eigenvalue weighted by Gasteiger charge is -2.51. The number of rotatable bonds is 4. The Morgan fingerprint density at radius 1 is 1.18 bits per heavy atom. The number of ether oxygens (including phenoxy) is 3. The van der Waals surface area contributed by atoms with Crippen LogP contribution in [0.4, 0.5) is 0 Å². The van der Waals surface area contributed by atoms with Crippen LogP contribution in [0.25, 0.3) is 10.8 Å². The summed E-state index contributed by atoms with van der Waals surface area (Å²) in [5.41, 5.74) is 5.21. The van der Waals surface area contributed by atoms with E-state index in [1.165, 1.54) is 46.9 Å². The molecule has 8 N–H and O–H groups in total. The Balaban J connectivity index is 1.70. The zero-order valence-corrected chi connectivity index (χ0v) is 25.8. The van der Waals surface area contributed by atoms with Gasteiger partial charge in [0.1, 0.15) is 53.6 Å². The maximum absolute atomic E-state index is 13.4. The number of hydrogen-bond donors (Lipinski definition) is 7. The molecule has 2 aromatic carbocycles. The number of nitrogens with two attached hydrogens (primary N) is 1. The van der Waals surface area contributed by atoms with E-state index in [2.05, 4.69) is 0 Å². The largest absolute Gasteiger partial charge is 0.506 e. The first-order valence-electron chi connectivity index (χ1n) is 14.2. The highest BCUT2D eigenvalue weighted by Crippen LogP contribution is 2.48. The number of aliphatic hydroxyl groups is 5. The molecule has 1 fully saturated rings. The van der Waals surface area contributed by atoms with Crippen LogP contribution in [-0.4, -0.2) is 104 Å². The molecule has 12 nitrogen and oxygen atoms in total. The summed E-state index contributed by atoms with van der Waals surface area (Å²) in [6, 6.07) is 2.39. The third kappa shape index (κ3) is 5.60. The van der Waals surface area contributed by atoms with Gasteiger partial charge in [-0.1, -0.05) is 33.7 Å². The number of aromatic hydroxyl groups is 1. The molecule has 0 aromatic heterocycles. The Morgan fingerprint density at radius 2 is 1.93 bits per heavy atom. The minimum absolute atomic E-state index is 0.0122. The molecule has 0 amide bonds. The average molecular weight is 652 g/mol. The lowest BCUT2D eigenvalue weighted by molar-refractivity contribution is -0.305. The average Bonchev–Trinajstić information content (AvgIpc) is 2.99. The van der Waals surface area contributed by atoms with E-state index in [9.17, 15) is 40.2 Å². The number of ketones is 1. The SMILES string of the molecule is COc1cc2c3c(O)c(c(C)cc3c1CO)C(=O)CCSSC[C@@H]1[C@@H](CC=O)[C@H](N)C=C[C@]1(O)[C@H]1O[C@H](O2)[C@H](O)[C@@H](O)[C@@H]1O. The summed E-state index contributed by atoms with van der Waals surface area (Å²) in [7, 11) is 4.08. The number of fused-ring (bicyclic) bond motifs is 5. The molecule has 2 aromatic rings. The van der Waals surface area contributed by atoms with Crippen LogP contribution < -0.4 is 15.2 Å². The van der Waals surface area contributed by atoms with Crippen molar-refractivity contribution >= 4 is 44.4 Å². The molecule has 0 saturated carbocycles. The van der Waals surface area contributed by atoms with Crippen LogP contribution in [0.5, 0.6) is 17.2 Å². The van der Waals surface area contributed by atoms with E-state index >= 15 is 0 Å². The molecular weight excluding hydrogens is 614 g/mol. The van der Waals surface area contributed by atoms with Gasteiger partial charge < -0.3 is 55.4 Å². The van der Waals surface area contributed by atoms with E-state index in [0.717, 1.165) is 0 Å². The van der Waals surface area contributed by atoms with Crippen LogP contribution in [0.3, 0.4) is 0 Å². The summed E-state index contributed by atoms with van der Waals surface area (Å²) in [5, 5.41) is 67.3. The summed E-state index contributed by atoms with van der Waals surface area (Å²) < 4.78 is 17.6. The molecule has 1 saturated heterocycles. The van der Waals surface area contributed by atoms with Crippen molar-refractivity contribution in [2.75, 3.05) is 18.6 Å². The van der Waals surface area contributed by atoms with Gasteiger partial charge in [-0.2, -0.15) is 0 Å². The molecule has 44 heavy (non-hydrogen) atoms. The molecule has 2 heterocycles. The fourth-order valence-corrected chi connectivity index (χ4v) is 9.00. The zero-order chi connectivity index (χ0) is 31.9. The first-order chi connectivity index (χ1) is 21.0. The number of phenolic OH excluding ortho intramolecular Hbond substituents is 1. The monoisotopic (exact) mass is 651 g/mol. The number of benzene rings is 2. The van der Waals surface area contributed by atoms with Crippen molar-refractivity contribution in [3.05, 3.63) is 41.0 Å². The van der Waals surface area contributed by atoms with Crippen molar-refractivity contribution < 1.29 is 54.4 Å². The summed E-state index contributed by atoms with van der Waals surface area (Å²) >= 11 is 0. The highest BCUT2D eigenvalue weighted by atomic mass is 33.1. The van der Waals surface area contributed by atoms with Crippen molar-refractivity contribution in [3.8, 4) is 17.2 Å². The number of aryl methyl sites for hydroxylation is 1. The molecule has 1 aliphatic carbocycles. The number of methoxy groups -OCH3 is 1. The van der Waals surface area contributed by atoms with E-state index < -0.39 is 66.5 Å². The molecule has 2 aliphatic heterocycles. The summed E-state index contributed by atoms with van der Waals surface area (Å²) in [6.07, 6.45) is -4.95. The van der Waals surface area contributed by atoms with Crippen LogP contribution >= 0.6 is 21.6 Å². The van der Waals surface area contributed by atoms with Gasteiger partial charge in [0.15, 0.2) is 5.78 Å². The zero-order valence-electron chi connectivity index (χ0n) is 24.2. The highest BCUT2D eigenvalue weighted by Gasteiger charge is 2.58. The topological polar surface area (TPSA) is 209 Å². The van der Waals surface area contributed by atoms with Gasteiger partial charge in [0, 0.05) is 47.9 Å². The summed E-state index contributed by atoms with van der Waals surface area (Å²) in [4.78, 5) is 25.0. The maximum Gasteiger partial charge on any atom is 0.229 e. The molecule has 5 rings (SSSR count). The Kier molecular flexibility index (Phi) is 9.85. The second kappa shape index (κ2) is 13.1. The second-order valence-corrected chi connectivity index (χ2v) is 14.0. The Hall–Kier alpha value is -2.40. The maximum atomic E-state index is 13.4. The lowest BCUT2D eigenvalue weighted by atomic mass is 9.66. The number of aldehydes is 1. The third-order valence-corrected chi connectivity index (χ3v) is 11.3. The van der Waals surface area contributed by atoms with Crippen molar-refractivity contribution in [1.82, 2.24) is 0 Å². The van der Waals surface area contributed by atoms with Gasteiger partial charge in [0.05, 0.1) is 24.7 Å². The molecule has 0 radical (unpaired) electrons. The molecule has 0 unspecified atom stereocenters. The fourth-order valence-electron chi connectivity index (χ4n) is 6.52. The quantitative estimate of drug-likeness (QED) is 0.140. The minimum atomic E-state index is -1.96. The Morgan fingerprint density at radius 3 is 2.61 bits per heavy atom. The first kappa shape index (κ1) is 33.0. The minimum Gasteiger partial charge on any atom is -0.506 e. The molecule has 240 valence electrons. The Labute approximate surface area is 261 Å². The summed E-state index contributed by atoms with van der Waals surface area (Å²) in [5.74, 6) is -1.36. The fraction of sp³-hybridized carbons (Fsp3) is 0.533. The van der Waals surface area contributed by atoms with Gasteiger partial charge in [-0.05, 0) is 29.9 Å². The number of carbonyl (C=O) groups excluding carboxylic acids is 2. The second-order valence-electron chi connectivity index (χ2n) is 11.3. The normalized spacial score (nSPS) is 34.4. The predicted molar refractivity (Wildman–Crippen MR) is 164 cm³/mol. The van der Waals surface area contributed by atoms with Gasteiger partial charge in [-0.15, -0.1) is 0 Å². The number of phenols is 1. The van der Waals surface area contributed by atoms with Gasteiger partial charge >= 0.3 is 0 Å². The molecular formula is C30H37NO11S2. The summed E-state index contributed by atoms with van der Waals surface area (Å²) in [6.45, 7) is 1.19. The van der Waals surface area contributed by atoms with Crippen molar-refractivity contribution in [3.63, 3.8) is 0 Å². The van der Waals surface area contributed by atoms with Crippen LogP contribution in [-0.2, 0) is 16.1 Å². The van der Waals surface area contributed by atoms with E-state index in [-0.39, 0.29) is 46.8 Å². The van der Waals surface area contributed by atoms with Crippen LogP contribution in [0.2, 0.25) is 0 Å². The molecule has 14 heteroatoms. The van der Waals surface area contributed by atoms with Crippen molar-refractivity contribution in [2.24, 2.45) is 17.6 Å². The van der Waals surface area contributed by atoms with Crippen LogP contribution in [0.15, 0.2) is 24.3 Å². The molecule has 4 bridgehead atoms. The van der Waals surface area contributed by atoms with Gasteiger partial charge in [-0.25, -0.2) is 0 Å². The number of hydrogen-bond acceptors (Lipinski definition) is 14. The van der Waals surface area contributed by atoms with E-state index in [0.29, 0.717) is 28.6 Å². The van der Waals surface area contributed by atoms with Gasteiger partial charge in [0.2, 0.25) is 6.29 Å². The smallest absolute Gasteiger partial charge is 0.229 e. The number of Topliss-reactive ketones (excluding diaryl/α,β-unsaturated/α-hetero) is 1. The standard InChI is InChI=1S/C30H37NO11S2/c1-13-9-15-16(11-33)20(40-2)10-21-23(15)24(35)22(13)19(34)5-8-43-44-12-17-14(4-7-32)18(31)3-6-30(17,39)28-26(37)25(36)27(38)29(41-21)42-28/h3,6-7,9-10,14,17-18,25-29,33,35-39H,4-5,8,11-12,31H2,1-2H3/t14-,17-,18-,25+,26+,27-,28+,29+,30-/m1/s1. The third-order valence-electron chi connectivity index (χ3n) is 8.86. The molecule has 9 atom stereocenters. The first-order valence-corrected chi connectivity index (χ1v) is 16.7. The molecule has 0 spiro atoms. The Bertz CT molecular complexity index is 1450.